The Morgan fingerprint density at radius 2 is 2.05 bits per heavy atom. The highest BCUT2D eigenvalue weighted by molar-refractivity contribution is 6.30. The summed E-state index contributed by atoms with van der Waals surface area (Å²) in [5.74, 6) is 0. The minimum atomic E-state index is 0.254. The van der Waals surface area contributed by atoms with E-state index in [2.05, 4.69) is 30.0 Å². The molecule has 0 aliphatic rings. The molecule has 0 N–H and O–H groups in total. The number of benzene rings is 1. The molecule has 1 heterocycles. The first-order valence-corrected chi connectivity index (χ1v) is 7.29. The predicted octanol–water partition coefficient (Wildman–Crippen LogP) is 4.23. The number of aromatic nitrogens is 2. The molecule has 0 aliphatic carbocycles. The summed E-state index contributed by atoms with van der Waals surface area (Å²) >= 11 is 12.3. The van der Waals surface area contributed by atoms with Crippen LogP contribution in [-0.4, -0.2) is 21.7 Å². The van der Waals surface area contributed by atoms with E-state index >= 15 is 0 Å². The Bertz CT molecular complexity index is 607. The molecule has 0 saturated heterocycles. The van der Waals surface area contributed by atoms with E-state index in [0.717, 1.165) is 22.8 Å². The van der Waals surface area contributed by atoms with E-state index in [1.165, 1.54) is 5.56 Å². The number of hydrogen-bond acceptors (Lipinski definition) is 2. The van der Waals surface area contributed by atoms with Gasteiger partial charge in [0.1, 0.15) is 5.15 Å². The van der Waals surface area contributed by atoms with E-state index in [1.807, 2.05) is 32.2 Å². The van der Waals surface area contributed by atoms with Crippen LogP contribution in [0.15, 0.2) is 24.3 Å². The summed E-state index contributed by atoms with van der Waals surface area (Å²) in [5, 5.41) is 5.81. The Morgan fingerprint density at radius 3 is 2.60 bits per heavy atom. The normalized spacial score (nSPS) is 12.9. The molecule has 0 amide bonds. The van der Waals surface area contributed by atoms with E-state index in [4.69, 9.17) is 23.2 Å². The third kappa shape index (κ3) is 3.17. The third-order valence-corrected chi connectivity index (χ3v) is 4.38. The van der Waals surface area contributed by atoms with Gasteiger partial charge in [-0.2, -0.15) is 5.10 Å². The van der Waals surface area contributed by atoms with Gasteiger partial charge in [-0.15, -0.1) is 0 Å². The van der Waals surface area contributed by atoms with Crippen molar-refractivity contribution >= 4 is 23.2 Å². The van der Waals surface area contributed by atoms with Crippen molar-refractivity contribution in [3.05, 3.63) is 51.3 Å². The van der Waals surface area contributed by atoms with Crippen LogP contribution in [0.3, 0.4) is 0 Å². The fourth-order valence-corrected chi connectivity index (χ4v) is 2.69. The molecular weight excluding hydrogens is 293 g/mol. The molecule has 1 aromatic heterocycles. The summed E-state index contributed by atoms with van der Waals surface area (Å²) in [5.41, 5.74) is 3.24. The number of halogens is 2. The van der Waals surface area contributed by atoms with Crippen LogP contribution in [0.2, 0.25) is 10.2 Å². The molecule has 0 spiro atoms. The van der Waals surface area contributed by atoms with E-state index in [9.17, 15) is 0 Å². The van der Waals surface area contributed by atoms with Crippen molar-refractivity contribution in [1.29, 1.82) is 0 Å². The van der Waals surface area contributed by atoms with E-state index in [1.54, 1.807) is 4.68 Å². The van der Waals surface area contributed by atoms with Crippen molar-refractivity contribution in [2.45, 2.75) is 26.4 Å². The van der Waals surface area contributed by atoms with Gasteiger partial charge in [-0.1, -0.05) is 35.3 Å². The zero-order valence-corrected chi connectivity index (χ0v) is 13.7. The molecule has 1 aromatic carbocycles. The molecule has 2 aromatic rings. The van der Waals surface area contributed by atoms with Gasteiger partial charge >= 0.3 is 0 Å². The highest BCUT2D eigenvalue weighted by Crippen LogP contribution is 2.26. The Hall–Kier alpha value is -1.03. The van der Waals surface area contributed by atoms with Gasteiger partial charge in [-0.3, -0.25) is 9.58 Å². The average Bonchev–Trinajstić information content (AvgIpc) is 2.64. The maximum absolute atomic E-state index is 6.29. The standard InChI is InChI=1S/C15H19Cl2N3/c1-10-14(15(17)20(4)18-10)9-19(3)11(2)12-6-5-7-13(16)8-12/h5-8,11H,9H2,1-4H3. The van der Waals surface area contributed by atoms with Gasteiger partial charge in [0.2, 0.25) is 0 Å². The molecule has 0 radical (unpaired) electrons. The third-order valence-electron chi connectivity index (χ3n) is 3.67. The van der Waals surface area contributed by atoms with Gasteiger partial charge < -0.3 is 0 Å². The Balaban J connectivity index is 2.17. The monoisotopic (exact) mass is 311 g/mol. The van der Waals surface area contributed by atoms with Crippen molar-refractivity contribution in [2.75, 3.05) is 7.05 Å². The second kappa shape index (κ2) is 6.17. The van der Waals surface area contributed by atoms with Crippen LogP contribution >= 0.6 is 23.2 Å². The maximum Gasteiger partial charge on any atom is 0.131 e. The highest BCUT2D eigenvalue weighted by atomic mass is 35.5. The fourth-order valence-electron chi connectivity index (χ4n) is 2.26. The number of hydrogen-bond donors (Lipinski definition) is 0. The maximum atomic E-state index is 6.29. The lowest BCUT2D eigenvalue weighted by Crippen LogP contribution is -2.22. The summed E-state index contributed by atoms with van der Waals surface area (Å²) < 4.78 is 1.71. The molecule has 1 atom stereocenters. The Morgan fingerprint density at radius 1 is 1.35 bits per heavy atom. The summed E-state index contributed by atoms with van der Waals surface area (Å²) in [4.78, 5) is 2.24. The van der Waals surface area contributed by atoms with Crippen molar-refractivity contribution in [2.24, 2.45) is 7.05 Å². The van der Waals surface area contributed by atoms with Crippen LogP contribution in [0.5, 0.6) is 0 Å². The summed E-state index contributed by atoms with van der Waals surface area (Å²) in [6, 6.07) is 8.21. The molecule has 0 saturated carbocycles. The first-order chi connectivity index (χ1) is 9.40. The molecule has 0 bridgehead atoms. The lowest BCUT2D eigenvalue weighted by Gasteiger charge is -2.25. The van der Waals surface area contributed by atoms with Crippen LogP contribution in [0.25, 0.3) is 0 Å². The van der Waals surface area contributed by atoms with Gasteiger partial charge in [0.25, 0.3) is 0 Å². The highest BCUT2D eigenvalue weighted by Gasteiger charge is 2.17. The molecule has 2 rings (SSSR count). The van der Waals surface area contributed by atoms with Crippen molar-refractivity contribution in [3.8, 4) is 0 Å². The zero-order valence-electron chi connectivity index (χ0n) is 12.2. The van der Waals surface area contributed by atoms with E-state index in [0.29, 0.717) is 5.15 Å². The van der Waals surface area contributed by atoms with Gasteiger partial charge in [-0.25, -0.2) is 0 Å². The lowest BCUT2D eigenvalue weighted by atomic mass is 10.1. The Labute approximate surface area is 130 Å². The average molecular weight is 312 g/mol. The Kier molecular flexibility index (Phi) is 4.74. The van der Waals surface area contributed by atoms with Crippen molar-refractivity contribution < 1.29 is 0 Å². The van der Waals surface area contributed by atoms with Gasteiger partial charge in [-0.05, 0) is 38.6 Å². The SMILES string of the molecule is Cc1nn(C)c(Cl)c1CN(C)C(C)c1cccc(Cl)c1. The molecule has 5 heteroatoms. The minimum absolute atomic E-state index is 0.254. The van der Waals surface area contributed by atoms with Gasteiger partial charge in [0.15, 0.2) is 0 Å². The van der Waals surface area contributed by atoms with Crippen LogP contribution in [0, 0.1) is 6.92 Å². The van der Waals surface area contributed by atoms with Crippen LogP contribution in [0.1, 0.15) is 29.8 Å². The predicted molar refractivity (Wildman–Crippen MR) is 84.3 cm³/mol. The molecule has 0 aliphatic heterocycles. The number of nitrogens with zero attached hydrogens (tertiary/aromatic N) is 3. The minimum Gasteiger partial charge on any atom is -0.295 e. The second-order valence-electron chi connectivity index (χ2n) is 5.12. The van der Waals surface area contributed by atoms with Crippen molar-refractivity contribution in [1.82, 2.24) is 14.7 Å². The summed E-state index contributed by atoms with van der Waals surface area (Å²) in [6.45, 7) is 4.90. The topological polar surface area (TPSA) is 21.1 Å². The van der Waals surface area contributed by atoms with E-state index < -0.39 is 0 Å². The molecule has 108 valence electrons. The lowest BCUT2D eigenvalue weighted by molar-refractivity contribution is 0.252. The molecule has 0 fully saturated rings. The first kappa shape index (κ1) is 15.4. The van der Waals surface area contributed by atoms with Gasteiger partial charge in [0.05, 0.1) is 5.69 Å². The van der Waals surface area contributed by atoms with E-state index in [-0.39, 0.29) is 6.04 Å². The van der Waals surface area contributed by atoms with Crippen molar-refractivity contribution in [3.63, 3.8) is 0 Å². The first-order valence-electron chi connectivity index (χ1n) is 6.53. The van der Waals surface area contributed by atoms with Crippen LogP contribution in [-0.2, 0) is 13.6 Å². The van der Waals surface area contributed by atoms with Crippen LogP contribution < -0.4 is 0 Å². The number of aryl methyl sites for hydroxylation is 2. The molecule has 1 unspecified atom stereocenters. The number of rotatable bonds is 4. The molecular formula is C15H19Cl2N3. The summed E-state index contributed by atoms with van der Waals surface area (Å²) in [7, 11) is 3.94. The zero-order chi connectivity index (χ0) is 14.9. The fraction of sp³-hybridized carbons (Fsp3) is 0.400. The van der Waals surface area contributed by atoms with Crippen LogP contribution in [0.4, 0.5) is 0 Å². The second-order valence-corrected chi connectivity index (χ2v) is 5.92. The molecule has 3 nitrogen and oxygen atoms in total. The molecule has 20 heavy (non-hydrogen) atoms. The van der Waals surface area contributed by atoms with Gasteiger partial charge in [0, 0.05) is 30.2 Å². The largest absolute Gasteiger partial charge is 0.295 e. The smallest absolute Gasteiger partial charge is 0.131 e. The summed E-state index contributed by atoms with van der Waals surface area (Å²) in [6.07, 6.45) is 0. The quantitative estimate of drug-likeness (QED) is 0.842.